The van der Waals surface area contributed by atoms with Gasteiger partial charge in [-0.05, 0) is 44.7 Å². The van der Waals surface area contributed by atoms with Gasteiger partial charge in [0.05, 0.1) is 6.10 Å². The Bertz CT molecular complexity index is 478. The molecule has 1 atom stereocenters. The van der Waals surface area contributed by atoms with Gasteiger partial charge in [-0.25, -0.2) is 0 Å². The first-order chi connectivity index (χ1) is 11.8. The van der Waals surface area contributed by atoms with E-state index in [0.29, 0.717) is 6.10 Å². The SMILES string of the molecule is CCN(CCCNC(=NC)NCCC1CCCO1)c1ccccc1.I. The Balaban J connectivity index is 0.00000312. The van der Waals surface area contributed by atoms with Crippen molar-refractivity contribution in [3.63, 3.8) is 0 Å². The Hall–Kier alpha value is -1.02. The van der Waals surface area contributed by atoms with Gasteiger partial charge in [0.15, 0.2) is 5.96 Å². The third-order valence-electron chi connectivity index (χ3n) is 4.41. The number of anilines is 1. The molecule has 1 unspecified atom stereocenters. The smallest absolute Gasteiger partial charge is 0.190 e. The minimum atomic E-state index is 0. The highest BCUT2D eigenvalue weighted by molar-refractivity contribution is 14.0. The quantitative estimate of drug-likeness (QED) is 0.257. The minimum Gasteiger partial charge on any atom is -0.378 e. The highest BCUT2D eigenvalue weighted by Crippen LogP contribution is 2.14. The molecule has 1 aliphatic rings. The average Bonchev–Trinajstić information content (AvgIpc) is 3.14. The van der Waals surface area contributed by atoms with Crippen LogP contribution in [0.4, 0.5) is 5.69 Å². The normalized spacial score (nSPS) is 17.0. The van der Waals surface area contributed by atoms with E-state index in [9.17, 15) is 0 Å². The number of guanidine groups is 1. The van der Waals surface area contributed by atoms with Crippen molar-refractivity contribution in [2.45, 2.75) is 38.7 Å². The van der Waals surface area contributed by atoms with Crippen LogP contribution in [0.3, 0.4) is 0 Å². The molecule has 142 valence electrons. The van der Waals surface area contributed by atoms with Crippen molar-refractivity contribution >= 4 is 35.6 Å². The lowest BCUT2D eigenvalue weighted by Gasteiger charge is -2.23. The third-order valence-corrected chi connectivity index (χ3v) is 4.41. The Labute approximate surface area is 169 Å². The second kappa shape index (κ2) is 13.2. The molecule has 2 N–H and O–H groups in total. The summed E-state index contributed by atoms with van der Waals surface area (Å²) in [4.78, 5) is 6.69. The highest BCUT2D eigenvalue weighted by Gasteiger charge is 2.14. The van der Waals surface area contributed by atoms with Crippen molar-refractivity contribution in [1.29, 1.82) is 0 Å². The van der Waals surface area contributed by atoms with Crippen molar-refractivity contribution in [2.24, 2.45) is 4.99 Å². The van der Waals surface area contributed by atoms with E-state index in [2.05, 4.69) is 57.8 Å². The van der Waals surface area contributed by atoms with Gasteiger partial charge in [0.1, 0.15) is 0 Å². The summed E-state index contributed by atoms with van der Waals surface area (Å²) in [6.07, 6.45) is 4.96. The van der Waals surface area contributed by atoms with Gasteiger partial charge >= 0.3 is 0 Å². The highest BCUT2D eigenvalue weighted by atomic mass is 127. The summed E-state index contributed by atoms with van der Waals surface area (Å²) in [7, 11) is 1.82. The summed E-state index contributed by atoms with van der Waals surface area (Å²) in [5.74, 6) is 0.885. The molecule has 1 heterocycles. The molecule has 0 bridgehead atoms. The first-order valence-electron chi connectivity index (χ1n) is 9.19. The number of hydrogen-bond donors (Lipinski definition) is 2. The van der Waals surface area contributed by atoms with Crippen molar-refractivity contribution in [1.82, 2.24) is 10.6 Å². The number of nitrogens with one attached hydrogen (secondary N) is 2. The van der Waals surface area contributed by atoms with Gasteiger partial charge in [-0.1, -0.05) is 18.2 Å². The fourth-order valence-corrected chi connectivity index (χ4v) is 3.03. The molecular formula is C19H33IN4O. The lowest BCUT2D eigenvalue weighted by Crippen LogP contribution is -2.39. The van der Waals surface area contributed by atoms with Gasteiger partial charge in [-0.15, -0.1) is 24.0 Å². The Morgan fingerprint density at radius 3 is 2.64 bits per heavy atom. The summed E-state index contributed by atoms with van der Waals surface area (Å²) in [5, 5.41) is 6.77. The number of hydrogen-bond acceptors (Lipinski definition) is 3. The summed E-state index contributed by atoms with van der Waals surface area (Å²) >= 11 is 0. The third kappa shape index (κ3) is 8.27. The van der Waals surface area contributed by atoms with Crippen molar-refractivity contribution in [3.05, 3.63) is 30.3 Å². The second-order valence-electron chi connectivity index (χ2n) is 6.12. The molecule has 2 rings (SSSR count). The van der Waals surface area contributed by atoms with E-state index in [4.69, 9.17) is 4.74 Å². The van der Waals surface area contributed by atoms with Crippen LogP contribution in [0.5, 0.6) is 0 Å². The van der Waals surface area contributed by atoms with Gasteiger partial charge < -0.3 is 20.3 Å². The summed E-state index contributed by atoms with van der Waals surface area (Å²) in [5.41, 5.74) is 1.29. The van der Waals surface area contributed by atoms with Crippen LogP contribution in [-0.4, -0.2) is 51.9 Å². The summed E-state index contributed by atoms with van der Waals surface area (Å²) in [6, 6.07) is 10.6. The summed E-state index contributed by atoms with van der Waals surface area (Å²) < 4.78 is 5.64. The molecule has 0 spiro atoms. The molecule has 0 radical (unpaired) electrons. The van der Waals surface area contributed by atoms with Crippen LogP contribution in [0.15, 0.2) is 35.3 Å². The number of rotatable bonds is 9. The van der Waals surface area contributed by atoms with Crippen LogP contribution in [0, 0.1) is 0 Å². The molecule has 0 aromatic heterocycles. The maximum absolute atomic E-state index is 5.64. The fraction of sp³-hybridized carbons (Fsp3) is 0.632. The van der Waals surface area contributed by atoms with E-state index in [1.807, 2.05) is 7.05 Å². The van der Waals surface area contributed by atoms with Crippen LogP contribution in [0.1, 0.15) is 32.6 Å². The van der Waals surface area contributed by atoms with Gasteiger partial charge in [-0.3, -0.25) is 4.99 Å². The van der Waals surface area contributed by atoms with Crippen LogP contribution in [0.2, 0.25) is 0 Å². The van der Waals surface area contributed by atoms with Crippen LogP contribution >= 0.6 is 24.0 Å². The van der Waals surface area contributed by atoms with Crippen molar-refractivity contribution < 1.29 is 4.74 Å². The van der Waals surface area contributed by atoms with E-state index < -0.39 is 0 Å². The topological polar surface area (TPSA) is 48.9 Å². The molecule has 0 saturated carbocycles. The molecule has 0 amide bonds. The lowest BCUT2D eigenvalue weighted by atomic mass is 10.2. The molecule has 5 nitrogen and oxygen atoms in total. The van der Waals surface area contributed by atoms with Gasteiger partial charge in [0.25, 0.3) is 0 Å². The molecular weight excluding hydrogens is 427 g/mol. The predicted octanol–water partition coefficient (Wildman–Crippen LogP) is 3.26. The molecule has 0 aliphatic carbocycles. The van der Waals surface area contributed by atoms with Crippen LogP contribution in [-0.2, 0) is 4.74 Å². The number of halogens is 1. The molecule has 6 heteroatoms. The first-order valence-corrected chi connectivity index (χ1v) is 9.19. The number of benzene rings is 1. The zero-order valence-corrected chi connectivity index (χ0v) is 17.9. The molecule has 25 heavy (non-hydrogen) atoms. The largest absolute Gasteiger partial charge is 0.378 e. The van der Waals surface area contributed by atoms with Crippen LogP contribution in [0.25, 0.3) is 0 Å². The zero-order chi connectivity index (χ0) is 17.0. The molecule has 1 aromatic rings. The summed E-state index contributed by atoms with van der Waals surface area (Å²) in [6.45, 7) is 7.02. The first kappa shape index (κ1) is 22.0. The number of aliphatic imine (C=N–C) groups is 1. The van der Waals surface area contributed by atoms with E-state index >= 15 is 0 Å². The Morgan fingerprint density at radius 2 is 2.00 bits per heavy atom. The Kier molecular flexibility index (Phi) is 11.6. The molecule has 1 aliphatic heterocycles. The van der Waals surface area contributed by atoms with E-state index in [1.165, 1.54) is 18.5 Å². The maximum Gasteiger partial charge on any atom is 0.190 e. The Morgan fingerprint density at radius 1 is 1.24 bits per heavy atom. The minimum absolute atomic E-state index is 0. The van der Waals surface area contributed by atoms with Gasteiger partial charge in [-0.2, -0.15) is 0 Å². The van der Waals surface area contributed by atoms with Crippen molar-refractivity contribution in [3.8, 4) is 0 Å². The molecule has 1 aromatic carbocycles. The standard InChI is InChI=1S/C19H32N4O.HI/c1-3-23(17-9-5-4-6-10-17)15-8-13-21-19(20-2)22-14-12-18-11-7-16-24-18;/h4-6,9-10,18H,3,7-8,11-16H2,1-2H3,(H2,20,21,22);1H. The van der Waals surface area contributed by atoms with Gasteiger partial charge in [0.2, 0.25) is 0 Å². The van der Waals surface area contributed by atoms with Crippen molar-refractivity contribution in [2.75, 3.05) is 44.7 Å². The van der Waals surface area contributed by atoms with Gasteiger partial charge in [0, 0.05) is 45.5 Å². The number of nitrogens with zero attached hydrogens (tertiary/aromatic N) is 2. The van der Waals surface area contributed by atoms with E-state index in [-0.39, 0.29) is 24.0 Å². The monoisotopic (exact) mass is 460 g/mol. The van der Waals surface area contributed by atoms with E-state index in [1.54, 1.807) is 0 Å². The lowest BCUT2D eigenvalue weighted by molar-refractivity contribution is 0.105. The van der Waals surface area contributed by atoms with Crippen LogP contribution < -0.4 is 15.5 Å². The zero-order valence-electron chi connectivity index (χ0n) is 15.5. The second-order valence-corrected chi connectivity index (χ2v) is 6.12. The van der Waals surface area contributed by atoms with E-state index in [0.717, 1.165) is 51.6 Å². The maximum atomic E-state index is 5.64. The number of ether oxygens (including phenoxy) is 1. The fourth-order valence-electron chi connectivity index (χ4n) is 3.03. The average molecular weight is 460 g/mol. The molecule has 1 saturated heterocycles. The molecule has 1 fully saturated rings. The predicted molar refractivity (Wildman–Crippen MR) is 117 cm³/mol. The number of para-hydroxylation sites is 1.